The molecule has 3 rings (SSSR count). The Morgan fingerprint density at radius 3 is 2.69 bits per heavy atom. The van der Waals surface area contributed by atoms with Crippen LogP contribution in [0.25, 0.3) is 0 Å². The lowest BCUT2D eigenvalue weighted by molar-refractivity contribution is -0.122. The monoisotopic (exact) mass is 374 g/mol. The fraction of sp³-hybridized carbons (Fsp3) is 0.263. The highest BCUT2D eigenvalue weighted by atomic mass is 35.5. The molecule has 0 aromatic heterocycles. The molecule has 1 aliphatic rings. The van der Waals surface area contributed by atoms with Crippen molar-refractivity contribution >= 4 is 34.8 Å². The van der Waals surface area contributed by atoms with Gasteiger partial charge in [-0.3, -0.25) is 9.59 Å². The number of nitrogens with one attached hydrogen (secondary N) is 1. The predicted molar refractivity (Wildman–Crippen MR) is 100 cm³/mol. The van der Waals surface area contributed by atoms with Crippen LogP contribution in [-0.2, 0) is 9.59 Å². The first kappa shape index (κ1) is 18.1. The largest absolute Gasteiger partial charge is 0.497 e. The van der Waals surface area contributed by atoms with Gasteiger partial charge in [-0.1, -0.05) is 17.7 Å². The summed E-state index contributed by atoms with van der Waals surface area (Å²) < 4.78 is 10.5. The number of nitrogens with zero attached hydrogens (tertiary/aromatic N) is 1. The molecule has 0 spiro atoms. The van der Waals surface area contributed by atoms with E-state index in [-0.39, 0.29) is 18.2 Å². The molecule has 1 fully saturated rings. The van der Waals surface area contributed by atoms with E-state index in [9.17, 15) is 9.59 Å². The minimum Gasteiger partial charge on any atom is -0.497 e. The van der Waals surface area contributed by atoms with Gasteiger partial charge >= 0.3 is 0 Å². The van der Waals surface area contributed by atoms with Crippen LogP contribution < -0.4 is 19.7 Å². The van der Waals surface area contributed by atoms with Crippen LogP contribution in [0.5, 0.6) is 11.5 Å². The highest BCUT2D eigenvalue weighted by Gasteiger charge is 2.35. The van der Waals surface area contributed by atoms with Crippen LogP contribution >= 0.6 is 11.6 Å². The van der Waals surface area contributed by atoms with Gasteiger partial charge in [-0.05, 0) is 30.3 Å². The Morgan fingerprint density at radius 2 is 2.00 bits per heavy atom. The Balaban J connectivity index is 1.74. The number of carbonyl (C=O) groups is 2. The molecule has 1 atom stereocenters. The van der Waals surface area contributed by atoms with Crippen molar-refractivity contribution in [2.24, 2.45) is 5.92 Å². The predicted octanol–water partition coefficient (Wildman–Crippen LogP) is 3.35. The van der Waals surface area contributed by atoms with Crippen molar-refractivity contribution < 1.29 is 19.1 Å². The molecular formula is C19H19ClN2O4. The number of amides is 2. The molecule has 6 nitrogen and oxygen atoms in total. The van der Waals surface area contributed by atoms with Gasteiger partial charge in [0, 0.05) is 29.7 Å². The summed E-state index contributed by atoms with van der Waals surface area (Å²) in [6.45, 7) is 0.303. The quantitative estimate of drug-likeness (QED) is 0.871. The molecule has 0 bridgehead atoms. The van der Waals surface area contributed by atoms with Gasteiger partial charge in [-0.15, -0.1) is 0 Å². The first-order chi connectivity index (χ1) is 12.5. The van der Waals surface area contributed by atoms with Crippen LogP contribution in [0, 0.1) is 5.92 Å². The van der Waals surface area contributed by atoms with Crippen molar-refractivity contribution in [2.45, 2.75) is 6.42 Å². The maximum atomic E-state index is 12.7. The third kappa shape index (κ3) is 3.75. The molecule has 0 radical (unpaired) electrons. The number of hydrogen-bond acceptors (Lipinski definition) is 4. The first-order valence-corrected chi connectivity index (χ1v) is 8.48. The molecule has 2 aromatic rings. The lowest BCUT2D eigenvalue weighted by Crippen LogP contribution is -2.28. The molecule has 136 valence electrons. The van der Waals surface area contributed by atoms with Crippen molar-refractivity contribution in [3.8, 4) is 11.5 Å². The van der Waals surface area contributed by atoms with E-state index >= 15 is 0 Å². The molecule has 1 N–H and O–H groups in total. The van der Waals surface area contributed by atoms with E-state index < -0.39 is 5.92 Å². The Morgan fingerprint density at radius 1 is 1.19 bits per heavy atom. The zero-order chi connectivity index (χ0) is 18.7. The van der Waals surface area contributed by atoms with Gasteiger partial charge in [-0.2, -0.15) is 0 Å². The van der Waals surface area contributed by atoms with Gasteiger partial charge in [0.25, 0.3) is 0 Å². The fourth-order valence-corrected chi connectivity index (χ4v) is 3.11. The van der Waals surface area contributed by atoms with Gasteiger partial charge < -0.3 is 19.7 Å². The van der Waals surface area contributed by atoms with Gasteiger partial charge in [0.15, 0.2) is 0 Å². The minimum atomic E-state index is -0.461. The van der Waals surface area contributed by atoms with Crippen molar-refractivity contribution in [3.05, 3.63) is 47.5 Å². The van der Waals surface area contributed by atoms with Crippen LogP contribution in [0.4, 0.5) is 11.4 Å². The molecule has 0 aliphatic carbocycles. The number of anilines is 2. The van der Waals surface area contributed by atoms with Crippen LogP contribution in [-0.4, -0.2) is 32.6 Å². The Bertz CT molecular complexity index is 840. The number of benzene rings is 2. The second kappa shape index (κ2) is 7.66. The molecule has 1 aliphatic heterocycles. The smallest absolute Gasteiger partial charge is 0.229 e. The molecule has 2 aromatic carbocycles. The number of hydrogen-bond donors (Lipinski definition) is 1. The third-order valence-corrected chi connectivity index (χ3v) is 4.52. The second-order valence-electron chi connectivity index (χ2n) is 5.94. The van der Waals surface area contributed by atoms with E-state index in [1.807, 2.05) is 0 Å². The number of carbonyl (C=O) groups excluding carboxylic acids is 2. The van der Waals surface area contributed by atoms with E-state index in [1.54, 1.807) is 54.5 Å². The van der Waals surface area contributed by atoms with E-state index in [2.05, 4.69) is 5.32 Å². The average molecular weight is 375 g/mol. The molecular weight excluding hydrogens is 356 g/mol. The average Bonchev–Trinajstić information content (AvgIpc) is 3.03. The molecule has 2 amide bonds. The molecule has 1 unspecified atom stereocenters. The highest BCUT2D eigenvalue weighted by molar-refractivity contribution is 6.31. The second-order valence-corrected chi connectivity index (χ2v) is 6.38. The summed E-state index contributed by atoms with van der Waals surface area (Å²) in [7, 11) is 3.07. The standard InChI is InChI=1S/C19H19ClN2O4/c1-25-15-6-7-17(26-2)16(10-15)21-19(24)12-8-18(23)22(11-12)14-5-3-4-13(20)9-14/h3-7,9-10,12H,8,11H2,1-2H3,(H,21,24). The molecule has 1 heterocycles. The maximum absolute atomic E-state index is 12.7. The van der Waals surface area contributed by atoms with Gasteiger partial charge in [0.2, 0.25) is 11.8 Å². The van der Waals surface area contributed by atoms with Crippen LogP contribution in [0.15, 0.2) is 42.5 Å². The molecule has 26 heavy (non-hydrogen) atoms. The lowest BCUT2D eigenvalue weighted by atomic mass is 10.1. The van der Waals surface area contributed by atoms with E-state index in [0.29, 0.717) is 34.4 Å². The van der Waals surface area contributed by atoms with E-state index in [4.69, 9.17) is 21.1 Å². The van der Waals surface area contributed by atoms with Crippen LogP contribution in [0.3, 0.4) is 0 Å². The zero-order valence-corrected chi connectivity index (χ0v) is 15.2. The summed E-state index contributed by atoms with van der Waals surface area (Å²) in [6, 6.07) is 12.2. The summed E-state index contributed by atoms with van der Waals surface area (Å²) in [5, 5.41) is 3.38. The van der Waals surface area contributed by atoms with Crippen molar-refractivity contribution in [1.82, 2.24) is 0 Å². The van der Waals surface area contributed by atoms with Gasteiger partial charge in [0.1, 0.15) is 11.5 Å². The number of ether oxygens (including phenoxy) is 2. The number of methoxy groups -OCH3 is 2. The normalized spacial score (nSPS) is 16.5. The molecule has 1 saturated heterocycles. The Kier molecular flexibility index (Phi) is 5.32. The van der Waals surface area contributed by atoms with E-state index in [1.165, 1.54) is 7.11 Å². The Labute approximate surface area is 156 Å². The molecule has 7 heteroatoms. The first-order valence-electron chi connectivity index (χ1n) is 8.10. The van der Waals surface area contributed by atoms with Gasteiger partial charge in [-0.25, -0.2) is 0 Å². The summed E-state index contributed by atoms with van der Waals surface area (Å²) in [5.74, 6) is 0.316. The van der Waals surface area contributed by atoms with Crippen molar-refractivity contribution in [2.75, 3.05) is 31.0 Å². The van der Waals surface area contributed by atoms with Crippen LogP contribution in [0.1, 0.15) is 6.42 Å². The molecule has 0 saturated carbocycles. The zero-order valence-electron chi connectivity index (χ0n) is 14.5. The summed E-state index contributed by atoms with van der Waals surface area (Å²) in [6.07, 6.45) is 0.143. The third-order valence-electron chi connectivity index (χ3n) is 4.28. The Hall–Kier alpha value is -2.73. The van der Waals surface area contributed by atoms with Gasteiger partial charge in [0.05, 0.1) is 25.8 Å². The summed E-state index contributed by atoms with van der Waals surface area (Å²) in [5.41, 5.74) is 1.20. The summed E-state index contributed by atoms with van der Waals surface area (Å²) >= 11 is 6.00. The van der Waals surface area contributed by atoms with E-state index in [0.717, 1.165) is 0 Å². The summed E-state index contributed by atoms with van der Waals surface area (Å²) in [4.78, 5) is 26.6. The van der Waals surface area contributed by atoms with Crippen molar-refractivity contribution in [1.29, 1.82) is 0 Å². The number of rotatable bonds is 5. The number of halogens is 1. The topological polar surface area (TPSA) is 67.9 Å². The van der Waals surface area contributed by atoms with Crippen LogP contribution in [0.2, 0.25) is 5.02 Å². The SMILES string of the molecule is COc1ccc(OC)c(NC(=O)C2CC(=O)N(c3cccc(Cl)c3)C2)c1. The van der Waals surface area contributed by atoms with Crippen molar-refractivity contribution in [3.63, 3.8) is 0 Å². The maximum Gasteiger partial charge on any atom is 0.229 e. The minimum absolute atomic E-state index is 0.106. The fourth-order valence-electron chi connectivity index (χ4n) is 2.92. The highest BCUT2D eigenvalue weighted by Crippen LogP contribution is 2.31. The lowest BCUT2D eigenvalue weighted by Gasteiger charge is -2.17.